The van der Waals surface area contributed by atoms with Gasteiger partial charge in [-0.05, 0) is 63.1 Å². The minimum atomic E-state index is 0.238. The highest BCUT2D eigenvalue weighted by Crippen LogP contribution is 2.26. The zero-order valence-electron chi connectivity index (χ0n) is 13.0. The predicted octanol–water partition coefficient (Wildman–Crippen LogP) is 4.14. The van der Waals surface area contributed by atoms with Crippen molar-refractivity contribution < 1.29 is 0 Å². The molecular weight excluding hydrogens is 278 g/mol. The van der Waals surface area contributed by atoms with Gasteiger partial charge in [0.05, 0.1) is 6.04 Å². The maximum Gasteiger partial charge on any atom is 0.134 e. The van der Waals surface area contributed by atoms with E-state index in [0.717, 1.165) is 10.0 Å². The maximum absolute atomic E-state index is 4.24. The summed E-state index contributed by atoms with van der Waals surface area (Å²) in [5, 5.41) is 14.1. The second-order valence-electron chi connectivity index (χ2n) is 6.00. The van der Waals surface area contributed by atoms with E-state index in [0.29, 0.717) is 6.04 Å². The zero-order chi connectivity index (χ0) is 14.8. The molecule has 3 nitrogen and oxygen atoms in total. The molecule has 0 amide bonds. The highest BCUT2D eigenvalue weighted by Gasteiger charge is 2.16. The van der Waals surface area contributed by atoms with Crippen molar-refractivity contribution in [3.63, 3.8) is 0 Å². The highest BCUT2D eigenvalue weighted by molar-refractivity contribution is 7.11. The Bertz CT molecular complexity index is 620. The van der Waals surface area contributed by atoms with Crippen molar-refractivity contribution in [1.29, 1.82) is 0 Å². The lowest BCUT2D eigenvalue weighted by atomic mass is 9.89. The SMILES string of the molecule is Cc1nnc([C@H](C)N[C@H](C)c2ccc3c(c2)CCCC3)s1. The molecule has 0 saturated heterocycles. The molecule has 1 heterocycles. The number of rotatable bonds is 4. The van der Waals surface area contributed by atoms with E-state index in [9.17, 15) is 0 Å². The summed E-state index contributed by atoms with van der Waals surface area (Å²) in [6, 6.07) is 7.56. The van der Waals surface area contributed by atoms with Crippen LogP contribution in [0, 0.1) is 6.92 Å². The number of fused-ring (bicyclic) bond motifs is 1. The Labute approximate surface area is 130 Å². The molecule has 0 radical (unpaired) electrons. The van der Waals surface area contributed by atoms with Crippen LogP contribution in [0.5, 0.6) is 0 Å². The first-order chi connectivity index (χ1) is 10.1. The van der Waals surface area contributed by atoms with Gasteiger partial charge in [0.25, 0.3) is 0 Å². The molecule has 0 fully saturated rings. The van der Waals surface area contributed by atoms with Crippen LogP contribution >= 0.6 is 11.3 Å². The van der Waals surface area contributed by atoms with Crippen molar-refractivity contribution in [2.24, 2.45) is 0 Å². The predicted molar refractivity (Wildman–Crippen MR) is 87.7 cm³/mol. The van der Waals surface area contributed by atoms with Gasteiger partial charge in [0.15, 0.2) is 0 Å². The van der Waals surface area contributed by atoms with Crippen LogP contribution in [-0.2, 0) is 12.8 Å². The Kier molecular flexibility index (Phi) is 4.36. The third-order valence-electron chi connectivity index (χ3n) is 4.28. The molecule has 112 valence electrons. The number of nitrogens with one attached hydrogen (secondary N) is 1. The van der Waals surface area contributed by atoms with Crippen molar-refractivity contribution in [2.45, 2.75) is 58.5 Å². The van der Waals surface area contributed by atoms with Crippen LogP contribution in [-0.4, -0.2) is 10.2 Å². The molecule has 0 bridgehead atoms. The molecule has 21 heavy (non-hydrogen) atoms. The average Bonchev–Trinajstić information content (AvgIpc) is 2.93. The van der Waals surface area contributed by atoms with Gasteiger partial charge < -0.3 is 5.32 Å². The normalized spacial score (nSPS) is 17.3. The molecule has 0 aliphatic heterocycles. The van der Waals surface area contributed by atoms with Crippen LogP contribution in [0.1, 0.15) is 65.5 Å². The third-order valence-corrected chi connectivity index (χ3v) is 5.31. The van der Waals surface area contributed by atoms with Gasteiger partial charge in [0.1, 0.15) is 10.0 Å². The summed E-state index contributed by atoms with van der Waals surface area (Å²) in [5.41, 5.74) is 4.47. The molecule has 0 spiro atoms. The van der Waals surface area contributed by atoms with Gasteiger partial charge in [0, 0.05) is 6.04 Å². The Hall–Kier alpha value is -1.26. The topological polar surface area (TPSA) is 37.8 Å². The Morgan fingerprint density at radius 3 is 2.52 bits per heavy atom. The van der Waals surface area contributed by atoms with E-state index in [2.05, 4.69) is 47.6 Å². The lowest BCUT2D eigenvalue weighted by Crippen LogP contribution is -2.22. The van der Waals surface area contributed by atoms with E-state index >= 15 is 0 Å². The lowest BCUT2D eigenvalue weighted by Gasteiger charge is -2.22. The van der Waals surface area contributed by atoms with Crippen LogP contribution in [0.25, 0.3) is 0 Å². The molecule has 0 unspecified atom stereocenters. The minimum absolute atomic E-state index is 0.238. The van der Waals surface area contributed by atoms with Crippen molar-refractivity contribution in [2.75, 3.05) is 0 Å². The second kappa shape index (κ2) is 6.24. The standard InChI is InChI=1S/C17H23N3S/c1-11(18-12(2)17-20-19-13(3)21-17)15-9-8-14-6-4-5-7-16(14)10-15/h8-12,18H,4-7H2,1-3H3/t11-,12+/m1/s1. The van der Waals surface area contributed by atoms with Gasteiger partial charge in [-0.2, -0.15) is 0 Å². The van der Waals surface area contributed by atoms with Gasteiger partial charge in [-0.15, -0.1) is 21.5 Å². The Balaban J connectivity index is 1.71. The number of aromatic nitrogens is 2. The first-order valence-electron chi connectivity index (χ1n) is 7.81. The van der Waals surface area contributed by atoms with Crippen molar-refractivity contribution in [3.05, 3.63) is 44.9 Å². The number of hydrogen-bond donors (Lipinski definition) is 1. The fraction of sp³-hybridized carbons (Fsp3) is 0.529. The smallest absolute Gasteiger partial charge is 0.134 e. The van der Waals surface area contributed by atoms with E-state index in [1.54, 1.807) is 22.5 Å². The van der Waals surface area contributed by atoms with E-state index in [-0.39, 0.29) is 6.04 Å². The summed E-state index contributed by atoms with van der Waals surface area (Å²) in [6.07, 6.45) is 5.16. The summed E-state index contributed by atoms with van der Waals surface area (Å²) in [4.78, 5) is 0. The largest absolute Gasteiger partial charge is 0.301 e. The number of nitrogens with zero attached hydrogens (tertiary/aromatic N) is 2. The summed E-state index contributed by atoms with van der Waals surface area (Å²) in [5.74, 6) is 0. The molecule has 1 aliphatic rings. The van der Waals surface area contributed by atoms with Crippen molar-refractivity contribution in [1.82, 2.24) is 15.5 Å². The third kappa shape index (κ3) is 3.33. The Morgan fingerprint density at radius 1 is 1.05 bits per heavy atom. The van der Waals surface area contributed by atoms with Gasteiger partial charge in [-0.1, -0.05) is 18.2 Å². The molecule has 2 atom stereocenters. The van der Waals surface area contributed by atoms with Crippen LogP contribution in [0.2, 0.25) is 0 Å². The Morgan fingerprint density at radius 2 is 1.81 bits per heavy atom. The molecule has 1 aromatic heterocycles. The van der Waals surface area contributed by atoms with E-state index < -0.39 is 0 Å². The fourth-order valence-corrected chi connectivity index (χ4v) is 3.76. The fourth-order valence-electron chi connectivity index (χ4n) is 3.05. The molecule has 1 N–H and O–H groups in total. The van der Waals surface area contributed by atoms with Gasteiger partial charge in [-0.3, -0.25) is 0 Å². The summed E-state index contributed by atoms with van der Waals surface area (Å²) >= 11 is 1.67. The molecule has 0 saturated carbocycles. The van der Waals surface area contributed by atoms with Gasteiger partial charge >= 0.3 is 0 Å². The van der Waals surface area contributed by atoms with E-state index in [1.807, 2.05) is 6.92 Å². The minimum Gasteiger partial charge on any atom is -0.301 e. The lowest BCUT2D eigenvalue weighted by molar-refractivity contribution is 0.490. The maximum atomic E-state index is 4.24. The van der Waals surface area contributed by atoms with Crippen molar-refractivity contribution in [3.8, 4) is 0 Å². The quantitative estimate of drug-likeness (QED) is 0.922. The second-order valence-corrected chi connectivity index (χ2v) is 7.22. The summed E-state index contributed by atoms with van der Waals surface area (Å²) < 4.78 is 0. The number of aryl methyl sites for hydroxylation is 3. The van der Waals surface area contributed by atoms with Crippen LogP contribution in [0.15, 0.2) is 18.2 Å². The summed E-state index contributed by atoms with van der Waals surface area (Å²) in [7, 11) is 0. The van der Waals surface area contributed by atoms with E-state index in [1.165, 1.54) is 31.2 Å². The monoisotopic (exact) mass is 301 g/mol. The number of hydrogen-bond acceptors (Lipinski definition) is 4. The first kappa shape index (κ1) is 14.7. The average molecular weight is 301 g/mol. The van der Waals surface area contributed by atoms with Gasteiger partial charge in [0.2, 0.25) is 0 Å². The molecule has 2 aromatic rings. The zero-order valence-corrected chi connectivity index (χ0v) is 13.8. The molecule has 3 rings (SSSR count). The van der Waals surface area contributed by atoms with Crippen LogP contribution < -0.4 is 5.32 Å². The molecule has 1 aromatic carbocycles. The van der Waals surface area contributed by atoms with Gasteiger partial charge in [-0.25, -0.2) is 0 Å². The van der Waals surface area contributed by atoms with Crippen LogP contribution in [0.4, 0.5) is 0 Å². The highest BCUT2D eigenvalue weighted by atomic mass is 32.1. The summed E-state index contributed by atoms with van der Waals surface area (Å²) in [6.45, 7) is 6.39. The molecular formula is C17H23N3S. The van der Waals surface area contributed by atoms with Crippen LogP contribution in [0.3, 0.4) is 0 Å². The number of benzene rings is 1. The van der Waals surface area contributed by atoms with Crippen molar-refractivity contribution >= 4 is 11.3 Å². The first-order valence-corrected chi connectivity index (χ1v) is 8.63. The van der Waals surface area contributed by atoms with E-state index in [4.69, 9.17) is 0 Å². The molecule has 1 aliphatic carbocycles. The molecule has 4 heteroatoms.